The Morgan fingerprint density at radius 3 is 2.55 bits per heavy atom. The standard InChI is InChI=1S/C24H23N3O4/c1-17-8-10-18(11-9-17)26(15-19-5-4-14-31-19)23(29)12-13-24(30)27-16-22(28)25-20-6-2-3-7-21(20)27/h2-11,14H,12-13,15-16H2,1H3,(H,25,28). The Labute approximate surface area is 180 Å². The van der Waals surface area contributed by atoms with E-state index in [0.717, 1.165) is 11.3 Å². The minimum Gasteiger partial charge on any atom is -0.467 e. The number of anilines is 3. The van der Waals surface area contributed by atoms with Crippen LogP contribution in [-0.2, 0) is 20.9 Å². The van der Waals surface area contributed by atoms with Gasteiger partial charge in [-0.2, -0.15) is 0 Å². The van der Waals surface area contributed by atoms with Gasteiger partial charge >= 0.3 is 0 Å². The molecule has 4 rings (SSSR count). The Hall–Kier alpha value is -3.87. The number of furan rings is 1. The van der Waals surface area contributed by atoms with Crippen molar-refractivity contribution in [1.29, 1.82) is 0 Å². The average Bonchev–Trinajstić information content (AvgIpc) is 3.29. The number of nitrogens with zero attached hydrogens (tertiary/aromatic N) is 2. The van der Waals surface area contributed by atoms with Crippen molar-refractivity contribution in [2.75, 3.05) is 21.7 Å². The summed E-state index contributed by atoms with van der Waals surface area (Å²) in [5, 5.41) is 2.76. The summed E-state index contributed by atoms with van der Waals surface area (Å²) in [5.41, 5.74) is 3.07. The maximum atomic E-state index is 13.1. The molecule has 0 radical (unpaired) electrons. The van der Waals surface area contributed by atoms with Gasteiger partial charge in [0.25, 0.3) is 0 Å². The molecule has 1 aliphatic heterocycles. The van der Waals surface area contributed by atoms with Gasteiger partial charge in [0.15, 0.2) is 0 Å². The maximum Gasteiger partial charge on any atom is 0.244 e. The molecule has 0 saturated heterocycles. The largest absolute Gasteiger partial charge is 0.467 e. The van der Waals surface area contributed by atoms with E-state index < -0.39 is 0 Å². The van der Waals surface area contributed by atoms with Crippen LogP contribution in [0.3, 0.4) is 0 Å². The number of benzene rings is 2. The minimum absolute atomic E-state index is 0.000956. The van der Waals surface area contributed by atoms with Crippen molar-refractivity contribution in [2.24, 2.45) is 0 Å². The third kappa shape index (κ3) is 4.66. The molecule has 0 spiro atoms. The van der Waals surface area contributed by atoms with E-state index in [1.807, 2.05) is 43.3 Å². The Balaban J connectivity index is 1.48. The zero-order chi connectivity index (χ0) is 21.8. The topological polar surface area (TPSA) is 82.9 Å². The van der Waals surface area contributed by atoms with E-state index in [9.17, 15) is 14.4 Å². The van der Waals surface area contributed by atoms with Crippen molar-refractivity contribution in [3.63, 3.8) is 0 Å². The molecular formula is C24H23N3O4. The second-order valence-corrected chi connectivity index (χ2v) is 7.44. The second-order valence-electron chi connectivity index (χ2n) is 7.44. The van der Waals surface area contributed by atoms with Crippen LogP contribution in [0.25, 0.3) is 0 Å². The third-order valence-electron chi connectivity index (χ3n) is 5.17. The Bertz CT molecular complexity index is 1090. The molecule has 0 aliphatic carbocycles. The molecule has 0 atom stereocenters. The highest BCUT2D eigenvalue weighted by atomic mass is 16.3. The van der Waals surface area contributed by atoms with Crippen molar-refractivity contribution >= 4 is 34.8 Å². The summed E-state index contributed by atoms with van der Waals surface area (Å²) in [6.07, 6.45) is 1.59. The number of fused-ring (bicyclic) bond motifs is 1. The fourth-order valence-electron chi connectivity index (χ4n) is 3.55. The van der Waals surface area contributed by atoms with Gasteiger partial charge in [0.2, 0.25) is 17.7 Å². The predicted octanol–water partition coefficient (Wildman–Crippen LogP) is 3.89. The highest BCUT2D eigenvalue weighted by Crippen LogP contribution is 2.29. The molecule has 3 aromatic rings. The number of rotatable bonds is 6. The third-order valence-corrected chi connectivity index (χ3v) is 5.17. The quantitative estimate of drug-likeness (QED) is 0.660. The minimum atomic E-state index is -0.266. The molecule has 1 aliphatic rings. The van der Waals surface area contributed by atoms with Gasteiger partial charge < -0.3 is 19.5 Å². The SMILES string of the molecule is Cc1ccc(N(Cc2ccco2)C(=O)CCC(=O)N2CC(=O)Nc3ccccc32)cc1. The van der Waals surface area contributed by atoms with E-state index in [2.05, 4.69) is 5.32 Å². The predicted molar refractivity (Wildman–Crippen MR) is 118 cm³/mol. The summed E-state index contributed by atoms with van der Waals surface area (Å²) < 4.78 is 5.42. The van der Waals surface area contributed by atoms with Crippen molar-refractivity contribution in [3.05, 3.63) is 78.3 Å². The lowest BCUT2D eigenvalue weighted by Crippen LogP contribution is -2.42. The number of carbonyl (C=O) groups is 3. The normalized spacial score (nSPS) is 12.8. The molecule has 2 aromatic carbocycles. The molecule has 7 heteroatoms. The highest BCUT2D eigenvalue weighted by Gasteiger charge is 2.27. The molecule has 1 N–H and O–H groups in total. The Kier molecular flexibility index (Phi) is 5.84. The maximum absolute atomic E-state index is 13.1. The molecular weight excluding hydrogens is 394 g/mol. The molecule has 2 heterocycles. The van der Waals surface area contributed by atoms with Crippen molar-refractivity contribution in [1.82, 2.24) is 0 Å². The van der Waals surface area contributed by atoms with E-state index in [1.54, 1.807) is 35.4 Å². The molecule has 0 unspecified atom stereocenters. The number of amides is 3. The number of para-hydroxylation sites is 2. The van der Waals surface area contributed by atoms with Crippen LogP contribution in [0.2, 0.25) is 0 Å². The average molecular weight is 417 g/mol. The first-order valence-corrected chi connectivity index (χ1v) is 10.1. The van der Waals surface area contributed by atoms with Gasteiger partial charge in [-0.15, -0.1) is 0 Å². The smallest absolute Gasteiger partial charge is 0.244 e. The number of nitrogens with one attached hydrogen (secondary N) is 1. The summed E-state index contributed by atoms with van der Waals surface area (Å²) in [7, 11) is 0. The van der Waals surface area contributed by atoms with Crippen LogP contribution in [0.15, 0.2) is 71.3 Å². The van der Waals surface area contributed by atoms with Crippen LogP contribution < -0.4 is 15.1 Å². The fraction of sp³-hybridized carbons (Fsp3) is 0.208. The van der Waals surface area contributed by atoms with Gasteiger partial charge in [0, 0.05) is 18.5 Å². The number of carbonyl (C=O) groups excluding carboxylic acids is 3. The highest BCUT2D eigenvalue weighted by molar-refractivity contribution is 6.10. The first-order valence-electron chi connectivity index (χ1n) is 10.1. The summed E-state index contributed by atoms with van der Waals surface area (Å²) in [6.45, 7) is 2.20. The number of hydrogen-bond acceptors (Lipinski definition) is 4. The van der Waals surface area contributed by atoms with E-state index >= 15 is 0 Å². The molecule has 7 nitrogen and oxygen atoms in total. The first-order chi connectivity index (χ1) is 15.0. The van der Waals surface area contributed by atoms with Crippen molar-refractivity contribution in [2.45, 2.75) is 26.3 Å². The Morgan fingerprint density at radius 1 is 1.03 bits per heavy atom. The summed E-state index contributed by atoms with van der Waals surface area (Å²) in [4.78, 5) is 41.0. The number of hydrogen-bond donors (Lipinski definition) is 1. The monoisotopic (exact) mass is 417 g/mol. The zero-order valence-electron chi connectivity index (χ0n) is 17.2. The van der Waals surface area contributed by atoms with E-state index in [1.165, 1.54) is 4.90 Å². The molecule has 3 amide bonds. The molecule has 31 heavy (non-hydrogen) atoms. The summed E-state index contributed by atoms with van der Waals surface area (Å²) >= 11 is 0. The van der Waals surface area contributed by atoms with Crippen LogP contribution in [0.1, 0.15) is 24.2 Å². The zero-order valence-corrected chi connectivity index (χ0v) is 17.2. The first kappa shape index (κ1) is 20.4. The molecule has 158 valence electrons. The van der Waals surface area contributed by atoms with Crippen molar-refractivity contribution in [3.8, 4) is 0 Å². The van der Waals surface area contributed by atoms with Crippen LogP contribution in [0, 0.1) is 6.92 Å². The number of aryl methyl sites for hydroxylation is 1. The Morgan fingerprint density at radius 2 is 1.81 bits per heavy atom. The van der Waals surface area contributed by atoms with Gasteiger partial charge in [-0.1, -0.05) is 29.8 Å². The molecule has 1 aromatic heterocycles. The van der Waals surface area contributed by atoms with E-state index in [4.69, 9.17) is 4.42 Å². The fourth-order valence-corrected chi connectivity index (χ4v) is 3.55. The van der Waals surface area contributed by atoms with Crippen molar-refractivity contribution < 1.29 is 18.8 Å². The lowest BCUT2D eigenvalue weighted by atomic mass is 10.1. The second kappa shape index (κ2) is 8.87. The van der Waals surface area contributed by atoms with Crippen LogP contribution in [0.4, 0.5) is 17.1 Å². The van der Waals surface area contributed by atoms with Gasteiger partial charge in [-0.3, -0.25) is 14.4 Å². The van der Waals surface area contributed by atoms with E-state index in [0.29, 0.717) is 17.1 Å². The lowest BCUT2D eigenvalue weighted by molar-refractivity contribution is -0.124. The van der Waals surface area contributed by atoms with Gasteiger partial charge in [-0.05, 0) is 43.3 Å². The van der Waals surface area contributed by atoms with Gasteiger partial charge in [0.1, 0.15) is 12.3 Å². The van der Waals surface area contributed by atoms with Crippen LogP contribution in [-0.4, -0.2) is 24.3 Å². The van der Waals surface area contributed by atoms with Crippen LogP contribution >= 0.6 is 0 Å². The van der Waals surface area contributed by atoms with E-state index in [-0.39, 0.29) is 43.7 Å². The van der Waals surface area contributed by atoms with Gasteiger partial charge in [-0.25, -0.2) is 0 Å². The molecule has 0 saturated carbocycles. The summed E-state index contributed by atoms with van der Waals surface area (Å²) in [6, 6.07) is 18.3. The summed E-state index contributed by atoms with van der Waals surface area (Å²) in [5.74, 6) is -0.0554. The molecule has 0 fully saturated rings. The van der Waals surface area contributed by atoms with Gasteiger partial charge in [0.05, 0.1) is 24.2 Å². The lowest BCUT2D eigenvalue weighted by Gasteiger charge is -2.29. The molecule has 0 bridgehead atoms. The van der Waals surface area contributed by atoms with Crippen LogP contribution in [0.5, 0.6) is 0 Å².